The van der Waals surface area contributed by atoms with E-state index in [1.807, 2.05) is 0 Å². The molecule has 0 aliphatic carbocycles. The van der Waals surface area contributed by atoms with E-state index in [-0.39, 0.29) is 12.2 Å². The summed E-state index contributed by atoms with van der Waals surface area (Å²) >= 11 is 0. The average Bonchev–Trinajstić information content (AvgIpc) is 2.18. The number of aliphatic carboxylic acids is 1. The van der Waals surface area contributed by atoms with Gasteiger partial charge >= 0.3 is 12.1 Å². The highest BCUT2D eigenvalue weighted by atomic mass is 19.3. The fourth-order valence-corrected chi connectivity index (χ4v) is 1.24. The van der Waals surface area contributed by atoms with Crippen molar-refractivity contribution in [3.63, 3.8) is 0 Å². The fourth-order valence-electron chi connectivity index (χ4n) is 1.24. The van der Waals surface area contributed by atoms with Crippen LogP contribution in [0.2, 0.25) is 0 Å². The second-order valence-electron chi connectivity index (χ2n) is 3.70. The first-order valence-corrected chi connectivity index (χ1v) is 4.92. The zero-order chi connectivity index (χ0) is 13.1. The number of nitrogens with two attached hydrogens (primary N) is 1. The number of carboxylic acids is 1. The van der Waals surface area contributed by atoms with E-state index in [2.05, 4.69) is 4.74 Å². The van der Waals surface area contributed by atoms with Crippen molar-refractivity contribution in [2.45, 2.75) is 25.5 Å². The number of ether oxygens (including phenoxy) is 1. The summed E-state index contributed by atoms with van der Waals surface area (Å²) in [5, 5.41) is 8.60. The maximum atomic E-state index is 12.5. The van der Waals surface area contributed by atoms with E-state index in [9.17, 15) is 13.6 Å². The lowest BCUT2D eigenvalue weighted by Crippen LogP contribution is -2.32. The van der Waals surface area contributed by atoms with Crippen molar-refractivity contribution in [3.05, 3.63) is 29.8 Å². The molecule has 0 aliphatic heterocycles. The topological polar surface area (TPSA) is 72.5 Å². The van der Waals surface area contributed by atoms with Crippen LogP contribution in [-0.4, -0.2) is 23.2 Å². The minimum absolute atomic E-state index is 0.0187. The smallest absolute Gasteiger partial charge is 0.394 e. The van der Waals surface area contributed by atoms with E-state index >= 15 is 0 Å². The molecule has 1 aromatic rings. The normalized spacial score (nSPS) is 13.2. The molecule has 0 heterocycles. The third-order valence-corrected chi connectivity index (χ3v) is 1.99. The van der Waals surface area contributed by atoms with Crippen molar-refractivity contribution >= 4 is 5.97 Å². The summed E-state index contributed by atoms with van der Waals surface area (Å²) in [6, 6.07) is 4.70. The van der Waals surface area contributed by atoms with Crippen LogP contribution in [0.25, 0.3) is 0 Å². The number of hydrogen-bond donors (Lipinski definition) is 2. The van der Waals surface area contributed by atoms with Gasteiger partial charge < -0.3 is 15.6 Å². The van der Waals surface area contributed by atoms with E-state index in [0.717, 1.165) is 0 Å². The summed E-state index contributed by atoms with van der Waals surface area (Å²) in [6.07, 6.45) is -3.10. The van der Waals surface area contributed by atoms with Crippen LogP contribution in [0.3, 0.4) is 0 Å². The molecule has 1 rings (SSSR count). The molecule has 0 saturated heterocycles. The molecule has 0 amide bonds. The molecular formula is C11H13F2NO3. The highest BCUT2D eigenvalue weighted by Gasteiger charge is 2.23. The molecule has 0 spiro atoms. The summed E-state index contributed by atoms with van der Waals surface area (Å²) < 4.78 is 29.3. The van der Waals surface area contributed by atoms with Crippen molar-refractivity contribution < 1.29 is 23.4 Å². The van der Waals surface area contributed by atoms with Gasteiger partial charge in [-0.1, -0.05) is 12.1 Å². The number of halogens is 2. The molecule has 1 aromatic carbocycles. The third kappa shape index (κ3) is 4.78. The molecule has 4 nitrogen and oxygen atoms in total. The molecule has 0 aromatic heterocycles. The molecule has 6 heteroatoms. The first kappa shape index (κ1) is 13.4. The fraction of sp³-hybridized carbons (Fsp3) is 0.364. The van der Waals surface area contributed by atoms with E-state index in [1.165, 1.54) is 24.3 Å². The minimum atomic E-state index is -3.24. The summed E-state index contributed by atoms with van der Waals surface area (Å²) in [7, 11) is 0. The maximum Gasteiger partial charge on any atom is 0.394 e. The quantitative estimate of drug-likeness (QED) is 0.827. The van der Waals surface area contributed by atoms with Crippen LogP contribution in [-0.2, 0) is 11.2 Å². The number of alkyl halides is 2. The molecule has 0 aliphatic rings. The Hall–Kier alpha value is -1.69. The van der Waals surface area contributed by atoms with Gasteiger partial charge in [-0.25, -0.2) is 0 Å². The Balaban J connectivity index is 2.65. The van der Waals surface area contributed by atoms with Crippen LogP contribution in [0.4, 0.5) is 8.78 Å². The van der Waals surface area contributed by atoms with Gasteiger partial charge in [0, 0.05) is 6.92 Å². The van der Waals surface area contributed by atoms with E-state index in [4.69, 9.17) is 10.8 Å². The Morgan fingerprint density at radius 2 is 2.00 bits per heavy atom. The number of carbonyl (C=O) groups is 1. The SMILES string of the molecule is CC(F)(F)Oc1ccc(CC(N)C(=O)O)cc1. The number of hydrogen-bond acceptors (Lipinski definition) is 3. The standard InChI is InChI=1S/C11H13F2NO3/c1-11(12,13)17-8-4-2-7(3-5-8)6-9(14)10(15)16/h2-5,9H,6,14H2,1H3,(H,15,16). The molecule has 94 valence electrons. The lowest BCUT2D eigenvalue weighted by Gasteiger charge is -2.13. The second kappa shape index (κ2) is 5.09. The Morgan fingerprint density at radius 1 is 1.47 bits per heavy atom. The summed E-state index contributed by atoms with van der Waals surface area (Å²) in [5.74, 6) is -1.09. The monoisotopic (exact) mass is 245 g/mol. The van der Waals surface area contributed by atoms with Crippen LogP contribution in [0.1, 0.15) is 12.5 Å². The molecule has 3 N–H and O–H groups in total. The van der Waals surface area contributed by atoms with Crippen molar-refractivity contribution in [2.24, 2.45) is 5.73 Å². The first-order valence-electron chi connectivity index (χ1n) is 4.92. The van der Waals surface area contributed by atoms with Gasteiger partial charge in [-0.15, -0.1) is 0 Å². The molecule has 17 heavy (non-hydrogen) atoms. The van der Waals surface area contributed by atoms with Crippen LogP contribution >= 0.6 is 0 Å². The van der Waals surface area contributed by atoms with Gasteiger partial charge in [0.1, 0.15) is 11.8 Å². The van der Waals surface area contributed by atoms with Crippen molar-refractivity contribution in [1.29, 1.82) is 0 Å². The third-order valence-electron chi connectivity index (χ3n) is 1.99. The van der Waals surface area contributed by atoms with Crippen LogP contribution in [0.5, 0.6) is 5.75 Å². The lowest BCUT2D eigenvalue weighted by molar-refractivity contribution is -0.159. The number of benzene rings is 1. The Labute approximate surface area is 97.0 Å². The van der Waals surface area contributed by atoms with Gasteiger partial charge in [0.25, 0.3) is 0 Å². The summed E-state index contributed by atoms with van der Waals surface area (Å²) in [5.41, 5.74) is 5.98. The largest absolute Gasteiger partial charge is 0.480 e. The van der Waals surface area contributed by atoms with Gasteiger partial charge in [0.05, 0.1) is 0 Å². The summed E-state index contributed by atoms with van der Waals surface area (Å²) in [4.78, 5) is 10.5. The van der Waals surface area contributed by atoms with Crippen LogP contribution in [0, 0.1) is 0 Å². The van der Waals surface area contributed by atoms with Gasteiger partial charge in [-0.05, 0) is 24.1 Å². The van der Waals surface area contributed by atoms with Crippen LogP contribution < -0.4 is 10.5 Å². The second-order valence-corrected chi connectivity index (χ2v) is 3.70. The highest BCUT2D eigenvalue weighted by molar-refractivity contribution is 5.73. The zero-order valence-electron chi connectivity index (χ0n) is 9.19. The van der Waals surface area contributed by atoms with E-state index < -0.39 is 18.1 Å². The molecule has 0 fully saturated rings. The molecule has 0 saturated carbocycles. The zero-order valence-corrected chi connectivity index (χ0v) is 9.19. The summed E-state index contributed by atoms with van der Waals surface area (Å²) in [6.45, 7) is 0.640. The van der Waals surface area contributed by atoms with Gasteiger partial charge in [-0.3, -0.25) is 4.79 Å². The van der Waals surface area contributed by atoms with Crippen molar-refractivity contribution in [2.75, 3.05) is 0 Å². The Morgan fingerprint density at radius 3 is 2.41 bits per heavy atom. The van der Waals surface area contributed by atoms with Gasteiger partial charge in [0.2, 0.25) is 0 Å². The lowest BCUT2D eigenvalue weighted by atomic mass is 10.1. The number of rotatable bonds is 5. The molecule has 0 bridgehead atoms. The Kier molecular flexibility index (Phi) is 4.01. The maximum absolute atomic E-state index is 12.5. The highest BCUT2D eigenvalue weighted by Crippen LogP contribution is 2.21. The first-order chi connectivity index (χ1) is 7.78. The van der Waals surface area contributed by atoms with Gasteiger partial charge in [-0.2, -0.15) is 8.78 Å². The minimum Gasteiger partial charge on any atom is -0.480 e. The van der Waals surface area contributed by atoms with Gasteiger partial charge in [0.15, 0.2) is 0 Å². The van der Waals surface area contributed by atoms with E-state index in [1.54, 1.807) is 0 Å². The van der Waals surface area contributed by atoms with E-state index in [0.29, 0.717) is 12.5 Å². The van der Waals surface area contributed by atoms with Crippen molar-refractivity contribution in [3.8, 4) is 5.75 Å². The number of carboxylic acid groups (broad SMARTS) is 1. The van der Waals surface area contributed by atoms with Crippen molar-refractivity contribution in [1.82, 2.24) is 0 Å². The molecule has 1 atom stereocenters. The predicted molar refractivity (Wildman–Crippen MR) is 57.0 cm³/mol. The average molecular weight is 245 g/mol. The van der Waals surface area contributed by atoms with Crippen LogP contribution in [0.15, 0.2) is 24.3 Å². The molecular weight excluding hydrogens is 232 g/mol. The predicted octanol–water partition coefficient (Wildman–Crippen LogP) is 1.63. The molecule has 0 radical (unpaired) electrons. The molecule has 1 unspecified atom stereocenters. The Bertz CT molecular complexity index is 387.